The van der Waals surface area contributed by atoms with Gasteiger partial charge in [0.2, 0.25) is 0 Å². The molecule has 1 aromatic heterocycles. The van der Waals surface area contributed by atoms with E-state index in [0.717, 1.165) is 59.8 Å². The summed E-state index contributed by atoms with van der Waals surface area (Å²) in [6.45, 7) is 11.0. The van der Waals surface area contributed by atoms with Gasteiger partial charge in [-0.05, 0) is 52.1 Å². The van der Waals surface area contributed by atoms with Gasteiger partial charge in [0.25, 0.3) is 0 Å². The Morgan fingerprint density at radius 1 is 1.00 bits per heavy atom. The summed E-state index contributed by atoms with van der Waals surface area (Å²) in [5.41, 5.74) is 2.72. The minimum Gasteiger partial charge on any atom is -0.497 e. The van der Waals surface area contributed by atoms with Crippen molar-refractivity contribution in [1.29, 1.82) is 0 Å². The van der Waals surface area contributed by atoms with Gasteiger partial charge < -0.3 is 33.6 Å². The lowest BCUT2D eigenvalue weighted by molar-refractivity contribution is 0.0240. The zero-order chi connectivity index (χ0) is 31.7. The maximum atomic E-state index is 12.7. The first-order valence-corrected chi connectivity index (χ1v) is 15.9. The molecule has 2 atom stereocenters. The van der Waals surface area contributed by atoms with E-state index in [-0.39, 0.29) is 18.2 Å². The Morgan fingerprint density at radius 2 is 1.78 bits per heavy atom. The molecule has 2 saturated heterocycles. The van der Waals surface area contributed by atoms with Gasteiger partial charge in [-0.1, -0.05) is 24.3 Å². The van der Waals surface area contributed by atoms with Crippen LogP contribution in [0.25, 0.3) is 10.8 Å². The minimum atomic E-state index is -0.525. The Kier molecular flexibility index (Phi) is 8.92. The molecule has 11 nitrogen and oxygen atoms in total. The molecule has 0 bridgehead atoms. The highest BCUT2D eigenvalue weighted by atomic mass is 16.6. The molecule has 242 valence electrons. The average molecular weight is 619 g/mol. The molecule has 6 rings (SSSR count). The molecule has 1 amide bonds. The quantitative estimate of drug-likeness (QED) is 0.381. The molecular weight excluding hydrogens is 572 g/mol. The third-order valence-electron chi connectivity index (χ3n) is 9.03. The second-order valence-electron chi connectivity index (χ2n) is 13.2. The lowest BCUT2D eigenvalue weighted by Gasteiger charge is -2.38. The SMILES string of the molecule is COc1cc(N2CCc3c(nc(OC[C@@H]4C[C@@H](OC)CN4C)nc3N3CCN(C(=O)OC(C)(C)C)CC3)C2)c2ccccc2c1. The number of hydrogen-bond donors (Lipinski definition) is 0. The van der Waals surface area contributed by atoms with Crippen molar-refractivity contribution in [2.75, 3.05) is 76.9 Å². The number of carbonyl (C=O) groups excluding carboxylic acids is 1. The number of rotatable bonds is 7. The normalized spacial score (nSPS) is 20.8. The maximum absolute atomic E-state index is 12.7. The Hall–Kier alpha value is -3.83. The van der Waals surface area contributed by atoms with Crippen LogP contribution < -0.4 is 19.3 Å². The molecule has 0 N–H and O–H groups in total. The molecule has 4 heterocycles. The number of aromatic nitrogens is 2. The van der Waals surface area contributed by atoms with Gasteiger partial charge in [-0.3, -0.25) is 4.90 Å². The monoisotopic (exact) mass is 618 g/mol. The Labute approximate surface area is 266 Å². The fourth-order valence-electron chi connectivity index (χ4n) is 6.56. The fraction of sp³-hybridized carbons (Fsp3) is 0.559. The van der Waals surface area contributed by atoms with E-state index in [4.69, 9.17) is 28.9 Å². The van der Waals surface area contributed by atoms with E-state index in [1.54, 1.807) is 19.1 Å². The molecule has 11 heteroatoms. The number of likely N-dealkylation sites (tertiary alicyclic amines) is 1. The second-order valence-corrected chi connectivity index (χ2v) is 13.2. The Morgan fingerprint density at radius 3 is 2.49 bits per heavy atom. The van der Waals surface area contributed by atoms with Crippen LogP contribution in [0, 0.1) is 0 Å². The molecule has 3 aliphatic heterocycles. The van der Waals surface area contributed by atoms with Gasteiger partial charge in [-0.15, -0.1) is 0 Å². The van der Waals surface area contributed by atoms with E-state index in [2.05, 4.69) is 58.1 Å². The lowest BCUT2D eigenvalue weighted by Crippen LogP contribution is -2.50. The molecule has 45 heavy (non-hydrogen) atoms. The van der Waals surface area contributed by atoms with Gasteiger partial charge in [0.05, 0.1) is 25.5 Å². The van der Waals surface area contributed by atoms with Crippen molar-refractivity contribution in [3.8, 4) is 11.8 Å². The number of nitrogens with zero attached hydrogens (tertiary/aromatic N) is 6. The van der Waals surface area contributed by atoms with Crippen LogP contribution in [-0.2, 0) is 22.4 Å². The van der Waals surface area contributed by atoms with Crippen molar-refractivity contribution in [2.24, 2.45) is 0 Å². The van der Waals surface area contributed by atoms with Gasteiger partial charge >= 0.3 is 12.1 Å². The van der Waals surface area contributed by atoms with Gasteiger partial charge in [-0.2, -0.15) is 9.97 Å². The first-order chi connectivity index (χ1) is 21.6. The van der Waals surface area contributed by atoms with E-state index in [1.165, 1.54) is 5.39 Å². The van der Waals surface area contributed by atoms with Gasteiger partial charge in [0.15, 0.2) is 0 Å². The minimum absolute atomic E-state index is 0.205. The molecule has 0 saturated carbocycles. The number of benzene rings is 2. The molecule has 3 aromatic rings. The summed E-state index contributed by atoms with van der Waals surface area (Å²) in [4.78, 5) is 31.5. The van der Waals surface area contributed by atoms with E-state index in [1.807, 2.05) is 20.8 Å². The van der Waals surface area contributed by atoms with E-state index >= 15 is 0 Å². The van der Waals surface area contributed by atoms with Crippen molar-refractivity contribution in [1.82, 2.24) is 19.8 Å². The summed E-state index contributed by atoms with van der Waals surface area (Å²) in [5, 5.41) is 2.32. The highest BCUT2D eigenvalue weighted by Gasteiger charge is 2.33. The molecule has 0 aliphatic carbocycles. The third kappa shape index (κ3) is 6.89. The number of piperazine rings is 1. The molecule has 2 aromatic carbocycles. The summed E-state index contributed by atoms with van der Waals surface area (Å²) in [5.74, 6) is 1.74. The van der Waals surface area contributed by atoms with Crippen LogP contribution in [0.5, 0.6) is 11.8 Å². The standard InChI is InChI=1S/C34H46N6O5/c1-34(2,3)45-33(41)39-15-13-38(14-16-39)31-28-11-12-40(30-19-25(42-5)17-23-9-7-8-10-27(23)30)21-29(28)35-32(36-31)44-22-24-18-26(43-6)20-37(24)4/h7-10,17,19,24,26H,11-16,18,20-22H2,1-6H3/t24-,26+/m0/s1. The number of carbonyl (C=O) groups is 1. The average Bonchev–Trinajstić information content (AvgIpc) is 3.41. The molecule has 0 spiro atoms. The largest absolute Gasteiger partial charge is 0.497 e. The van der Waals surface area contributed by atoms with Crippen molar-refractivity contribution in [2.45, 2.75) is 57.9 Å². The summed E-state index contributed by atoms with van der Waals surface area (Å²) in [6.07, 6.45) is 1.64. The van der Waals surface area contributed by atoms with Gasteiger partial charge in [0, 0.05) is 75.1 Å². The van der Waals surface area contributed by atoms with Crippen molar-refractivity contribution < 1.29 is 23.7 Å². The zero-order valence-electron chi connectivity index (χ0n) is 27.4. The fourth-order valence-corrected chi connectivity index (χ4v) is 6.56. The smallest absolute Gasteiger partial charge is 0.410 e. The lowest BCUT2D eigenvalue weighted by atomic mass is 10.0. The zero-order valence-corrected chi connectivity index (χ0v) is 27.4. The number of fused-ring (bicyclic) bond motifs is 2. The van der Waals surface area contributed by atoms with Crippen LogP contribution in [-0.4, -0.2) is 111 Å². The number of ether oxygens (including phenoxy) is 4. The highest BCUT2D eigenvalue weighted by molar-refractivity contribution is 5.95. The summed E-state index contributed by atoms with van der Waals surface area (Å²) >= 11 is 0. The molecule has 3 aliphatic rings. The van der Waals surface area contributed by atoms with E-state index in [9.17, 15) is 4.79 Å². The van der Waals surface area contributed by atoms with Crippen molar-refractivity contribution in [3.63, 3.8) is 0 Å². The van der Waals surface area contributed by atoms with E-state index in [0.29, 0.717) is 45.3 Å². The summed E-state index contributed by atoms with van der Waals surface area (Å²) < 4.78 is 23.2. The van der Waals surface area contributed by atoms with Gasteiger partial charge in [0.1, 0.15) is 23.8 Å². The number of hydrogen-bond acceptors (Lipinski definition) is 10. The predicted octanol–water partition coefficient (Wildman–Crippen LogP) is 4.36. The van der Waals surface area contributed by atoms with Crippen LogP contribution in [0.2, 0.25) is 0 Å². The van der Waals surface area contributed by atoms with Crippen molar-refractivity contribution >= 4 is 28.4 Å². The van der Waals surface area contributed by atoms with Crippen LogP contribution >= 0.6 is 0 Å². The molecule has 2 fully saturated rings. The number of anilines is 2. The number of methoxy groups -OCH3 is 2. The topological polar surface area (TPSA) is 92.7 Å². The highest BCUT2D eigenvalue weighted by Crippen LogP contribution is 2.37. The molecule has 0 radical (unpaired) electrons. The first kappa shape index (κ1) is 31.2. The van der Waals surface area contributed by atoms with Crippen LogP contribution in [0.15, 0.2) is 36.4 Å². The maximum Gasteiger partial charge on any atom is 0.410 e. The Bertz CT molecular complexity index is 1520. The second kappa shape index (κ2) is 12.9. The third-order valence-corrected chi connectivity index (χ3v) is 9.03. The van der Waals surface area contributed by atoms with Crippen LogP contribution in [0.1, 0.15) is 38.4 Å². The van der Waals surface area contributed by atoms with Crippen LogP contribution in [0.3, 0.4) is 0 Å². The summed E-state index contributed by atoms with van der Waals surface area (Å²) in [6, 6.07) is 13.2. The summed E-state index contributed by atoms with van der Waals surface area (Å²) in [7, 11) is 5.58. The Balaban J connectivity index is 1.27. The predicted molar refractivity (Wildman–Crippen MR) is 175 cm³/mol. The number of likely N-dealkylation sites (N-methyl/N-ethyl adjacent to an activating group) is 1. The number of amides is 1. The first-order valence-electron chi connectivity index (χ1n) is 15.9. The van der Waals surface area contributed by atoms with Crippen LogP contribution in [0.4, 0.5) is 16.3 Å². The van der Waals surface area contributed by atoms with Gasteiger partial charge in [-0.25, -0.2) is 4.79 Å². The van der Waals surface area contributed by atoms with E-state index < -0.39 is 5.60 Å². The molecule has 0 unspecified atom stereocenters. The molecular formula is C34H46N6O5. The van der Waals surface area contributed by atoms with Crippen molar-refractivity contribution in [3.05, 3.63) is 47.7 Å².